The number of rotatable bonds is 7. The first kappa shape index (κ1) is 22.5. The maximum absolute atomic E-state index is 12.8. The molecule has 2 aromatic heterocycles. The minimum absolute atomic E-state index is 0.115. The zero-order valence-electron chi connectivity index (χ0n) is 17.9. The second-order valence-corrected chi connectivity index (χ2v) is 7.68. The van der Waals surface area contributed by atoms with Crippen LogP contribution in [-0.2, 0) is 9.59 Å². The average Bonchev–Trinajstić information content (AvgIpc) is 3.37. The van der Waals surface area contributed by atoms with Gasteiger partial charge in [0.15, 0.2) is 0 Å². The third-order valence-corrected chi connectivity index (χ3v) is 5.18. The second-order valence-electron chi connectivity index (χ2n) is 7.30. The number of carbonyl (C=O) groups excluding carboxylic acids is 2. The lowest BCUT2D eigenvalue weighted by Crippen LogP contribution is -2.56. The summed E-state index contributed by atoms with van der Waals surface area (Å²) in [5.41, 5.74) is 1.25. The van der Waals surface area contributed by atoms with Gasteiger partial charge in [0.2, 0.25) is 11.9 Å². The van der Waals surface area contributed by atoms with Gasteiger partial charge < -0.3 is 15.0 Å². The van der Waals surface area contributed by atoms with E-state index in [1.807, 2.05) is 37.1 Å². The lowest BCUT2D eigenvalue weighted by molar-refractivity contribution is -0.122. The molecule has 10 nitrogen and oxygen atoms in total. The predicted molar refractivity (Wildman–Crippen MR) is 122 cm³/mol. The van der Waals surface area contributed by atoms with E-state index in [-0.39, 0.29) is 23.3 Å². The van der Waals surface area contributed by atoms with Gasteiger partial charge in [-0.3, -0.25) is 14.7 Å². The molecule has 4 rings (SSSR count). The maximum Gasteiger partial charge on any atom is 0.244 e. The molecule has 1 atom stereocenters. The van der Waals surface area contributed by atoms with Crippen LogP contribution in [0.25, 0.3) is 5.95 Å². The Morgan fingerprint density at radius 3 is 2.88 bits per heavy atom. The molecule has 0 spiro atoms. The number of halogens is 1. The summed E-state index contributed by atoms with van der Waals surface area (Å²) in [6.07, 6.45) is 4.81. The Morgan fingerprint density at radius 2 is 2.15 bits per heavy atom. The Morgan fingerprint density at radius 1 is 1.33 bits per heavy atom. The van der Waals surface area contributed by atoms with E-state index >= 15 is 0 Å². The molecular weight excluding hydrogens is 446 g/mol. The summed E-state index contributed by atoms with van der Waals surface area (Å²) in [4.78, 5) is 38.9. The first-order valence-electron chi connectivity index (χ1n) is 10.3. The van der Waals surface area contributed by atoms with Crippen molar-refractivity contribution in [2.75, 3.05) is 31.1 Å². The van der Waals surface area contributed by atoms with Crippen molar-refractivity contribution in [2.45, 2.75) is 13.0 Å². The number of anilines is 1. The molecule has 2 N–H and O–H groups in total. The van der Waals surface area contributed by atoms with Crippen molar-refractivity contribution in [1.29, 1.82) is 0 Å². The van der Waals surface area contributed by atoms with E-state index in [1.165, 1.54) is 6.07 Å². The molecule has 1 amide bonds. The zero-order chi connectivity index (χ0) is 23.2. The summed E-state index contributed by atoms with van der Waals surface area (Å²) in [6, 6.07) is 8.29. The van der Waals surface area contributed by atoms with E-state index < -0.39 is 6.04 Å². The van der Waals surface area contributed by atoms with Gasteiger partial charge in [-0.1, -0.05) is 29.3 Å². The topological polar surface area (TPSA) is 114 Å². The van der Waals surface area contributed by atoms with Crippen LogP contribution in [0.5, 0.6) is 5.75 Å². The van der Waals surface area contributed by atoms with Gasteiger partial charge >= 0.3 is 0 Å². The Balaban J connectivity index is 1.42. The fourth-order valence-corrected chi connectivity index (χ4v) is 3.54. The average molecular weight is 468 g/mol. The van der Waals surface area contributed by atoms with Crippen LogP contribution in [-0.4, -0.2) is 63.7 Å². The van der Waals surface area contributed by atoms with Gasteiger partial charge in [0, 0.05) is 31.5 Å². The molecule has 0 radical (unpaired) electrons. The lowest BCUT2D eigenvalue weighted by Gasteiger charge is -2.34. The van der Waals surface area contributed by atoms with Gasteiger partial charge in [-0.25, -0.2) is 14.8 Å². The highest BCUT2D eigenvalue weighted by Gasteiger charge is 2.33. The minimum atomic E-state index is -0.888. The highest BCUT2D eigenvalue weighted by Crippen LogP contribution is 2.23. The van der Waals surface area contributed by atoms with Gasteiger partial charge in [0.05, 0.1) is 6.54 Å². The van der Waals surface area contributed by atoms with Gasteiger partial charge in [0.25, 0.3) is 0 Å². The zero-order valence-corrected chi connectivity index (χ0v) is 18.6. The Hall–Kier alpha value is -3.72. The number of aryl methyl sites for hydroxylation is 1. The first-order valence-corrected chi connectivity index (χ1v) is 10.7. The first-order chi connectivity index (χ1) is 16.0. The van der Waals surface area contributed by atoms with Gasteiger partial charge in [-0.05, 0) is 19.1 Å². The van der Waals surface area contributed by atoms with Crippen molar-refractivity contribution in [3.63, 3.8) is 0 Å². The quantitative estimate of drug-likeness (QED) is 0.304. The summed E-state index contributed by atoms with van der Waals surface area (Å²) in [5.74, 6) is 2.94. The van der Waals surface area contributed by atoms with Crippen LogP contribution < -0.4 is 20.3 Å². The molecular formula is C22H22ClN7O3. The van der Waals surface area contributed by atoms with Crippen LogP contribution in [0.4, 0.5) is 5.82 Å². The number of nitrogens with one attached hydrogen (secondary N) is 2. The number of hydrogen-bond donors (Lipinski definition) is 2. The summed E-state index contributed by atoms with van der Waals surface area (Å²) < 4.78 is 7.23. The van der Waals surface area contributed by atoms with Gasteiger partial charge in [-0.2, -0.15) is 4.98 Å². The number of imidazole rings is 1. The molecule has 170 valence electrons. The number of ether oxygens (including phenoxy) is 1. The molecule has 33 heavy (non-hydrogen) atoms. The van der Waals surface area contributed by atoms with Crippen LogP contribution >= 0.6 is 11.6 Å². The smallest absolute Gasteiger partial charge is 0.244 e. The lowest BCUT2D eigenvalue weighted by atomic mass is 10.1. The Bertz CT molecular complexity index is 1160. The standard InChI is InChI=1S/C22H22ClN7O3/c1-15-2-4-16(5-3-15)33-11-8-26-21(32)20-17(13-31)30(10-7-25-20)19-12-18(23)27-22(28-19)29-9-6-24-14-29/h2-6,9,12,14,20,25H,7-8,10-11H2,1H3,(H,26,32). The summed E-state index contributed by atoms with van der Waals surface area (Å²) in [5, 5.41) is 6.04. The highest BCUT2D eigenvalue weighted by atomic mass is 35.5. The summed E-state index contributed by atoms with van der Waals surface area (Å²) in [6.45, 7) is 3.42. The second kappa shape index (κ2) is 10.3. The number of nitrogens with zero attached hydrogens (tertiary/aromatic N) is 5. The molecule has 1 aromatic carbocycles. The largest absolute Gasteiger partial charge is 0.492 e. The number of amides is 1. The molecule has 0 bridgehead atoms. The predicted octanol–water partition coefficient (Wildman–Crippen LogP) is 1.31. The number of piperazine rings is 1. The fourth-order valence-electron chi connectivity index (χ4n) is 3.37. The highest BCUT2D eigenvalue weighted by molar-refractivity contribution is 6.29. The number of benzene rings is 1. The molecule has 1 unspecified atom stereocenters. The van der Waals surface area contributed by atoms with E-state index in [4.69, 9.17) is 16.3 Å². The van der Waals surface area contributed by atoms with Gasteiger partial charge in [-0.15, -0.1) is 0 Å². The maximum atomic E-state index is 12.8. The third kappa shape index (κ3) is 5.38. The Kier molecular flexibility index (Phi) is 6.99. The molecule has 1 saturated heterocycles. The molecule has 11 heteroatoms. The Labute approximate surface area is 195 Å². The van der Waals surface area contributed by atoms with Gasteiger partial charge in [0.1, 0.15) is 47.3 Å². The van der Waals surface area contributed by atoms with Crippen LogP contribution in [0, 0.1) is 6.92 Å². The molecule has 1 aliphatic rings. The van der Waals surface area contributed by atoms with Crippen molar-refractivity contribution in [3.05, 3.63) is 65.5 Å². The number of hydrogen-bond acceptors (Lipinski definition) is 8. The van der Waals surface area contributed by atoms with E-state index in [1.54, 1.807) is 28.2 Å². The van der Waals surface area contributed by atoms with Crippen LogP contribution in [0.15, 0.2) is 54.7 Å². The monoisotopic (exact) mass is 467 g/mol. The van der Waals surface area contributed by atoms with Crippen molar-refractivity contribution >= 4 is 29.3 Å². The molecule has 3 heterocycles. The van der Waals surface area contributed by atoms with E-state index in [0.29, 0.717) is 31.5 Å². The molecule has 3 aromatic rings. The molecule has 1 fully saturated rings. The third-order valence-electron chi connectivity index (χ3n) is 4.99. The van der Waals surface area contributed by atoms with Crippen molar-refractivity contribution < 1.29 is 14.3 Å². The number of aromatic nitrogens is 4. The van der Waals surface area contributed by atoms with Crippen molar-refractivity contribution in [2.24, 2.45) is 0 Å². The normalized spacial score (nSPS) is 15.8. The molecule has 0 saturated carbocycles. The summed E-state index contributed by atoms with van der Waals surface area (Å²) in [7, 11) is 0. The van der Waals surface area contributed by atoms with Crippen LogP contribution in [0.2, 0.25) is 5.15 Å². The van der Waals surface area contributed by atoms with E-state index in [0.717, 1.165) is 11.3 Å². The number of carbonyl (C=O) groups is 1. The minimum Gasteiger partial charge on any atom is -0.492 e. The molecule has 1 aliphatic heterocycles. The fraction of sp³-hybridized carbons (Fsp3) is 0.273. The van der Waals surface area contributed by atoms with Crippen molar-refractivity contribution in [3.8, 4) is 11.7 Å². The van der Waals surface area contributed by atoms with E-state index in [9.17, 15) is 9.59 Å². The van der Waals surface area contributed by atoms with Crippen molar-refractivity contribution in [1.82, 2.24) is 30.2 Å². The van der Waals surface area contributed by atoms with Crippen LogP contribution in [0.3, 0.4) is 0 Å². The summed E-state index contributed by atoms with van der Waals surface area (Å²) >= 11 is 6.19. The SMILES string of the molecule is Cc1ccc(OCCNC(=O)C2NCCN(c3cc(Cl)nc(-n4ccnc4)n3)C2=C=O)cc1. The van der Waals surface area contributed by atoms with Crippen LogP contribution in [0.1, 0.15) is 5.56 Å². The molecule has 0 aliphatic carbocycles. The van der Waals surface area contributed by atoms with E-state index in [2.05, 4.69) is 25.6 Å².